The van der Waals surface area contributed by atoms with Gasteiger partial charge in [-0.3, -0.25) is 19.7 Å². The number of amides is 2. The number of likely N-dealkylation sites (tertiary alicyclic amines) is 1. The highest BCUT2D eigenvalue weighted by atomic mass is 32.1. The molecule has 4 rings (SSSR count). The Balaban J connectivity index is 1.33. The number of carbonyl (C=O) groups is 2. The molecular formula is C22H23N5O4S2. The number of aryl methyl sites for hydroxylation is 2. The average molecular weight is 486 g/mol. The van der Waals surface area contributed by atoms with E-state index in [1.165, 1.54) is 28.7 Å². The Bertz CT molecular complexity index is 1200. The molecule has 0 spiro atoms. The molecule has 2 amide bonds. The van der Waals surface area contributed by atoms with Gasteiger partial charge in [0.15, 0.2) is 0 Å². The molecule has 1 aliphatic heterocycles. The number of hydrogen-bond acceptors (Lipinski definition) is 8. The van der Waals surface area contributed by atoms with Gasteiger partial charge in [0.2, 0.25) is 0 Å². The van der Waals surface area contributed by atoms with Crippen LogP contribution in [0.4, 0.5) is 5.69 Å². The van der Waals surface area contributed by atoms with E-state index in [1.807, 2.05) is 18.7 Å². The molecule has 11 heteroatoms. The summed E-state index contributed by atoms with van der Waals surface area (Å²) in [6, 6.07) is 6.32. The molecule has 0 atom stereocenters. The first-order valence-corrected chi connectivity index (χ1v) is 12.2. The molecule has 0 bridgehead atoms. The van der Waals surface area contributed by atoms with E-state index in [0.717, 1.165) is 28.6 Å². The predicted molar refractivity (Wildman–Crippen MR) is 126 cm³/mol. The van der Waals surface area contributed by atoms with Crippen LogP contribution in [-0.2, 0) is 6.54 Å². The van der Waals surface area contributed by atoms with Crippen molar-refractivity contribution in [2.45, 2.75) is 39.2 Å². The summed E-state index contributed by atoms with van der Waals surface area (Å²) in [6.45, 7) is 5.09. The van der Waals surface area contributed by atoms with Gasteiger partial charge in [0.1, 0.15) is 10.6 Å². The third-order valence-electron chi connectivity index (χ3n) is 5.61. The molecule has 1 aromatic carbocycles. The minimum absolute atomic E-state index is 0.0262. The number of para-hydroxylation sites is 1. The molecule has 1 N–H and O–H groups in total. The van der Waals surface area contributed by atoms with Crippen LogP contribution >= 0.6 is 22.7 Å². The summed E-state index contributed by atoms with van der Waals surface area (Å²) < 4.78 is 0. The van der Waals surface area contributed by atoms with Crippen molar-refractivity contribution in [2.24, 2.45) is 0 Å². The molecule has 1 fully saturated rings. The normalized spacial score (nSPS) is 14.3. The van der Waals surface area contributed by atoms with Crippen molar-refractivity contribution >= 4 is 40.2 Å². The van der Waals surface area contributed by atoms with Crippen LogP contribution in [0.2, 0.25) is 0 Å². The number of piperidine rings is 1. The number of nitro benzene ring substituents is 1. The van der Waals surface area contributed by atoms with Crippen LogP contribution in [0.25, 0.3) is 0 Å². The molecule has 3 aromatic rings. The Kier molecular flexibility index (Phi) is 6.80. The van der Waals surface area contributed by atoms with Crippen molar-refractivity contribution in [1.29, 1.82) is 0 Å². The molecule has 1 saturated heterocycles. The molecular weight excluding hydrogens is 462 g/mol. The summed E-state index contributed by atoms with van der Waals surface area (Å²) >= 11 is 2.87. The topological polar surface area (TPSA) is 118 Å². The van der Waals surface area contributed by atoms with E-state index in [0.29, 0.717) is 29.2 Å². The van der Waals surface area contributed by atoms with Gasteiger partial charge in [0.05, 0.1) is 20.6 Å². The van der Waals surface area contributed by atoms with Gasteiger partial charge >= 0.3 is 0 Å². The fraction of sp³-hybridized carbons (Fsp3) is 0.364. The highest BCUT2D eigenvalue weighted by Crippen LogP contribution is 2.31. The van der Waals surface area contributed by atoms with Gasteiger partial charge in [-0.2, -0.15) is 0 Å². The zero-order valence-corrected chi connectivity index (χ0v) is 19.9. The van der Waals surface area contributed by atoms with Crippen LogP contribution in [0.3, 0.4) is 0 Å². The van der Waals surface area contributed by atoms with E-state index in [4.69, 9.17) is 0 Å². The van der Waals surface area contributed by atoms with Crippen LogP contribution < -0.4 is 5.32 Å². The van der Waals surface area contributed by atoms with E-state index >= 15 is 0 Å². The summed E-state index contributed by atoms with van der Waals surface area (Å²) in [4.78, 5) is 47.4. The van der Waals surface area contributed by atoms with Gasteiger partial charge < -0.3 is 10.2 Å². The molecule has 3 heterocycles. The molecule has 0 unspecified atom stereocenters. The zero-order valence-electron chi connectivity index (χ0n) is 18.2. The molecule has 172 valence electrons. The minimum atomic E-state index is -0.461. The lowest BCUT2D eigenvalue weighted by Gasteiger charge is -2.30. The first-order chi connectivity index (χ1) is 15.8. The molecule has 1 aliphatic rings. The van der Waals surface area contributed by atoms with Gasteiger partial charge in [-0.05, 0) is 26.7 Å². The maximum atomic E-state index is 12.8. The number of carbonyl (C=O) groups excluding carboxylic acids is 2. The number of nitrogens with zero attached hydrogens (tertiary/aromatic N) is 4. The van der Waals surface area contributed by atoms with Crippen molar-refractivity contribution in [3.63, 3.8) is 0 Å². The van der Waals surface area contributed by atoms with E-state index in [-0.39, 0.29) is 30.0 Å². The Hall–Kier alpha value is -3.18. The standard InChI is InChI=1S/C22H23N5O4S2/c1-13-19(33-14(2)24-13)22(29)26-9-7-15(8-10-26)21-25-17(12-32-21)20(28)23-11-16-5-3-4-6-18(16)27(30)31/h3-6,12,15H,7-11H2,1-2H3,(H,23,28). The average Bonchev–Trinajstić information content (AvgIpc) is 3.43. The van der Waals surface area contributed by atoms with Crippen molar-refractivity contribution in [3.8, 4) is 0 Å². The fourth-order valence-corrected chi connectivity index (χ4v) is 5.75. The summed E-state index contributed by atoms with van der Waals surface area (Å²) in [5.41, 5.74) is 1.50. The fourth-order valence-electron chi connectivity index (χ4n) is 3.89. The number of nitrogens with one attached hydrogen (secondary N) is 1. The molecule has 0 radical (unpaired) electrons. The lowest BCUT2D eigenvalue weighted by Crippen LogP contribution is -2.37. The molecule has 9 nitrogen and oxygen atoms in total. The quantitative estimate of drug-likeness (QED) is 0.415. The SMILES string of the molecule is Cc1nc(C)c(C(=O)N2CCC(c3nc(C(=O)NCc4ccccc4[N+](=O)[O-])cs3)CC2)s1. The van der Waals surface area contributed by atoms with E-state index in [2.05, 4.69) is 15.3 Å². The summed E-state index contributed by atoms with van der Waals surface area (Å²) in [5, 5.41) is 17.3. The van der Waals surface area contributed by atoms with Gasteiger partial charge in [-0.25, -0.2) is 9.97 Å². The third-order valence-corrected chi connectivity index (χ3v) is 7.68. The van der Waals surface area contributed by atoms with Crippen molar-refractivity contribution < 1.29 is 14.5 Å². The van der Waals surface area contributed by atoms with Crippen molar-refractivity contribution in [2.75, 3.05) is 13.1 Å². The lowest BCUT2D eigenvalue weighted by atomic mass is 9.97. The Morgan fingerprint density at radius 3 is 2.61 bits per heavy atom. The summed E-state index contributed by atoms with van der Waals surface area (Å²) in [7, 11) is 0. The zero-order chi connectivity index (χ0) is 23.5. The minimum Gasteiger partial charge on any atom is -0.346 e. The van der Waals surface area contributed by atoms with Crippen LogP contribution in [0.15, 0.2) is 29.6 Å². The number of nitro groups is 1. The molecule has 0 aliphatic carbocycles. The van der Waals surface area contributed by atoms with E-state index < -0.39 is 4.92 Å². The second-order valence-electron chi connectivity index (χ2n) is 7.85. The maximum absolute atomic E-state index is 12.8. The van der Waals surface area contributed by atoms with E-state index in [9.17, 15) is 19.7 Å². The molecule has 0 saturated carbocycles. The molecule has 33 heavy (non-hydrogen) atoms. The van der Waals surface area contributed by atoms with Gasteiger partial charge in [0.25, 0.3) is 17.5 Å². The van der Waals surface area contributed by atoms with E-state index in [1.54, 1.807) is 23.6 Å². The smallest absolute Gasteiger partial charge is 0.274 e. The second-order valence-corrected chi connectivity index (χ2v) is 9.95. The number of aromatic nitrogens is 2. The first kappa shape index (κ1) is 23.0. The monoisotopic (exact) mass is 485 g/mol. The lowest BCUT2D eigenvalue weighted by molar-refractivity contribution is -0.385. The largest absolute Gasteiger partial charge is 0.346 e. The number of thiazole rings is 2. The first-order valence-electron chi connectivity index (χ1n) is 10.5. The van der Waals surface area contributed by atoms with Crippen LogP contribution in [-0.4, -0.2) is 44.7 Å². The predicted octanol–water partition coefficient (Wildman–Crippen LogP) is 4.07. The van der Waals surface area contributed by atoms with Crippen LogP contribution in [0.5, 0.6) is 0 Å². The summed E-state index contributed by atoms with van der Waals surface area (Å²) in [6.07, 6.45) is 1.57. The number of rotatable bonds is 6. The maximum Gasteiger partial charge on any atom is 0.274 e. The van der Waals surface area contributed by atoms with Gasteiger partial charge in [0, 0.05) is 42.6 Å². The highest BCUT2D eigenvalue weighted by molar-refractivity contribution is 7.13. The Labute approximate surface area is 198 Å². The number of hydrogen-bond donors (Lipinski definition) is 1. The van der Waals surface area contributed by atoms with Crippen LogP contribution in [0, 0.1) is 24.0 Å². The third kappa shape index (κ3) is 5.09. The van der Waals surface area contributed by atoms with Crippen LogP contribution in [0.1, 0.15) is 60.2 Å². The van der Waals surface area contributed by atoms with Gasteiger partial charge in [-0.1, -0.05) is 18.2 Å². The number of benzene rings is 1. The summed E-state index contributed by atoms with van der Waals surface area (Å²) in [5.74, 6) is -0.134. The second kappa shape index (κ2) is 9.75. The Morgan fingerprint density at radius 2 is 1.94 bits per heavy atom. The highest BCUT2D eigenvalue weighted by Gasteiger charge is 2.28. The Morgan fingerprint density at radius 1 is 1.21 bits per heavy atom. The van der Waals surface area contributed by atoms with Crippen molar-refractivity contribution in [3.05, 3.63) is 71.6 Å². The van der Waals surface area contributed by atoms with Gasteiger partial charge in [-0.15, -0.1) is 22.7 Å². The van der Waals surface area contributed by atoms with Crippen molar-refractivity contribution in [1.82, 2.24) is 20.2 Å². The molecule has 2 aromatic heterocycles.